The van der Waals surface area contributed by atoms with Gasteiger partial charge < -0.3 is 9.67 Å². The van der Waals surface area contributed by atoms with Crippen molar-refractivity contribution in [2.45, 2.75) is 18.4 Å². The summed E-state index contributed by atoms with van der Waals surface area (Å²) in [4.78, 5) is 23.4. The fourth-order valence-corrected chi connectivity index (χ4v) is 3.48. The summed E-state index contributed by atoms with van der Waals surface area (Å²) in [7, 11) is -3.97. The minimum absolute atomic E-state index is 0.0294. The largest absolute Gasteiger partial charge is 0.477 e. The number of fused-ring (bicyclic) bond motifs is 1. The van der Waals surface area contributed by atoms with Crippen LogP contribution in [0.3, 0.4) is 0 Å². The molecule has 7 nitrogen and oxygen atoms in total. The van der Waals surface area contributed by atoms with Crippen molar-refractivity contribution in [3.8, 4) is 11.1 Å². The summed E-state index contributed by atoms with van der Waals surface area (Å²) in [5.41, 5.74) is -2.29. The van der Waals surface area contributed by atoms with E-state index < -0.39 is 49.6 Å². The number of nitrogens with two attached hydrogens (primary N) is 1. The van der Waals surface area contributed by atoms with E-state index in [1.54, 1.807) is 6.92 Å². The van der Waals surface area contributed by atoms with Crippen LogP contribution in [-0.2, 0) is 16.6 Å². The number of aryl methyl sites for hydroxylation is 1. The van der Waals surface area contributed by atoms with Gasteiger partial charge in [-0.25, -0.2) is 27.1 Å². The topological polar surface area (TPSA) is 119 Å². The number of hydrogen-bond acceptors (Lipinski definition) is 4. The number of rotatable bonds is 4. The summed E-state index contributed by atoms with van der Waals surface area (Å²) >= 11 is 0. The molecule has 0 aliphatic heterocycles. The van der Waals surface area contributed by atoms with Crippen LogP contribution < -0.4 is 10.6 Å². The van der Waals surface area contributed by atoms with Gasteiger partial charge in [0.05, 0.1) is 21.4 Å². The zero-order valence-electron chi connectivity index (χ0n) is 14.4. The monoisotopic (exact) mass is 408 g/mol. The number of aromatic carboxylic acids is 1. The van der Waals surface area contributed by atoms with Crippen LogP contribution >= 0.6 is 0 Å². The third-order valence-corrected chi connectivity index (χ3v) is 5.23. The standard InChI is InChI=1S/C18H14F2N2O5S/c1-2-22-8-12(18(24)25)17(23)11-7-13(19)14(15(20)16(11)22)9-3-5-10(6-4-9)28(21,26)27/h3-8H,2H2,1H3,(H,24,25)(H2,21,26,27). The number of carboxylic acid groups (broad SMARTS) is 1. The highest BCUT2D eigenvalue weighted by Gasteiger charge is 2.22. The molecular formula is C18H14F2N2O5S. The molecular weight excluding hydrogens is 394 g/mol. The zero-order chi connectivity index (χ0) is 20.8. The van der Waals surface area contributed by atoms with Gasteiger partial charge in [0.25, 0.3) is 0 Å². The minimum atomic E-state index is -3.97. The van der Waals surface area contributed by atoms with Crippen molar-refractivity contribution >= 4 is 26.9 Å². The van der Waals surface area contributed by atoms with Gasteiger partial charge in [0.2, 0.25) is 15.5 Å². The molecule has 0 amide bonds. The molecule has 3 aromatic rings. The van der Waals surface area contributed by atoms with Gasteiger partial charge in [-0.1, -0.05) is 12.1 Å². The fraction of sp³-hybridized carbons (Fsp3) is 0.111. The number of hydrogen-bond donors (Lipinski definition) is 2. The molecule has 0 aliphatic carbocycles. The SMILES string of the molecule is CCn1cc(C(=O)O)c(=O)c2cc(F)c(-c3ccc(S(N)(=O)=O)cc3)c(F)c21. The van der Waals surface area contributed by atoms with E-state index in [0.29, 0.717) is 0 Å². The van der Waals surface area contributed by atoms with Gasteiger partial charge in [0.1, 0.15) is 11.4 Å². The summed E-state index contributed by atoms with van der Waals surface area (Å²) in [6.07, 6.45) is 1.00. The third-order valence-electron chi connectivity index (χ3n) is 4.30. The molecule has 0 saturated carbocycles. The first-order valence-electron chi connectivity index (χ1n) is 7.98. The van der Waals surface area contributed by atoms with E-state index in [1.807, 2.05) is 0 Å². The summed E-state index contributed by atoms with van der Waals surface area (Å²) in [5, 5.41) is 13.8. The Morgan fingerprint density at radius 2 is 1.82 bits per heavy atom. The van der Waals surface area contributed by atoms with Crippen LogP contribution in [0.2, 0.25) is 0 Å². The molecule has 0 aliphatic rings. The molecule has 1 heterocycles. The predicted octanol–water partition coefficient (Wildman–Crippen LogP) is 2.31. The van der Waals surface area contributed by atoms with Crippen LogP contribution in [-0.4, -0.2) is 24.1 Å². The Balaban J connectivity index is 2.36. The Hall–Kier alpha value is -3.11. The number of carbonyl (C=O) groups is 1. The molecule has 1 aromatic heterocycles. The maximum absolute atomic E-state index is 15.2. The first-order chi connectivity index (χ1) is 13.1. The highest BCUT2D eigenvalue weighted by atomic mass is 32.2. The smallest absolute Gasteiger partial charge is 0.341 e. The van der Waals surface area contributed by atoms with Crippen molar-refractivity contribution in [1.29, 1.82) is 0 Å². The van der Waals surface area contributed by atoms with Crippen molar-refractivity contribution in [2.75, 3.05) is 0 Å². The average Bonchev–Trinajstić information content (AvgIpc) is 2.62. The van der Waals surface area contributed by atoms with E-state index in [-0.39, 0.29) is 22.5 Å². The van der Waals surface area contributed by atoms with E-state index in [2.05, 4.69) is 0 Å². The van der Waals surface area contributed by atoms with Crippen LogP contribution in [0.5, 0.6) is 0 Å². The van der Waals surface area contributed by atoms with E-state index in [9.17, 15) is 22.4 Å². The first-order valence-corrected chi connectivity index (χ1v) is 9.52. The highest BCUT2D eigenvalue weighted by Crippen LogP contribution is 2.31. The van der Waals surface area contributed by atoms with E-state index >= 15 is 4.39 Å². The van der Waals surface area contributed by atoms with Crippen molar-refractivity contribution < 1.29 is 27.1 Å². The van der Waals surface area contributed by atoms with E-state index in [1.165, 1.54) is 16.7 Å². The summed E-state index contributed by atoms with van der Waals surface area (Å²) in [5.74, 6) is -3.65. The third kappa shape index (κ3) is 3.16. The highest BCUT2D eigenvalue weighted by molar-refractivity contribution is 7.89. The summed E-state index contributed by atoms with van der Waals surface area (Å²) in [6, 6.07) is 5.37. The van der Waals surface area contributed by atoms with Crippen molar-refractivity contribution in [2.24, 2.45) is 5.14 Å². The fourth-order valence-electron chi connectivity index (χ4n) is 2.96. The molecule has 0 atom stereocenters. The molecule has 2 aromatic carbocycles. The molecule has 0 bridgehead atoms. The Morgan fingerprint density at radius 1 is 1.21 bits per heavy atom. The predicted molar refractivity (Wildman–Crippen MR) is 97.6 cm³/mol. The maximum atomic E-state index is 15.2. The normalized spacial score (nSPS) is 11.7. The molecule has 3 N–H and O–H groups in total. The van der Waals surface area contributed by atoms with E-state index in [4.69, 9.17) is 10.2 Å². The molecule has 0 radical (unpaired) electrons. The minimum Gasteiger partial charge on any atom is -0.477 e. The number of carboxylic acids is 1. The first kappa shape index (κ1) is 19.6. The number of benzene rings is 2. The van der Waals surface area contributed by atoms with Crippen LogP contribution in [0, 0.1) is 11.6 Å². The lowest BCUT2D eigenvalue weighted by Crippen LogP contribution is -2.20. The second kappa shape index (κ2) is 6.80. The number of primary sulfonamides is 1. The van der Waals surface area contributed by atoms with Gasteiger partial charge >= 0.3 is 5.97 Å². The Morgan fingerprint density at radius 3 is 2.32 bits per heavy atom. The lowest BCUT2D eigenvalue weighted by molar-refractivity contribution is 0.0694. The molecule has 146 valence electrons. The molecule has 0 spiro atoms. The second-order valence-electron chi connectivity index (χ2n) is 5.98. The van der Waals surface area contributed by atoms with Crippen molar-refractivity contribution in [1.82, 2.24) is 4.57 Å². The molecule has 28 heavy (non-hydrogen) atoms. The number of aromatic nitrogens is 1. The van der Waals surface area contributed by atoms with Crippen molar-refractivity contribution in [3.63, 3.8) is 0 Å². The summed E-state index contributed by atoms with van der Waals surface area (Å²) in [6.45, 7) is 1.74. The van der Waals surface area contributed by atoms with Gasteiger partial charge in [-0.05, 0) is 30.7 Å². The summed E-state index contributed by atoms with van der Waals surface area (Å²) < 4.78 is 53.8. The van der Waals surface area contributed by atoms with Crippen LogP contribution in [0.1, 0.15) is 17.3 Å². The Bertz CT molecular complexity index is 1280. The average molecular weight is 408 g/mol. The van der Waals surface area contributed by atoms with Crippen molar-refractivity contribution in [3.05, 3.63) is 63.9 Å². The quantitative estimate of drug-likeness (QED) is 0.687. The van der Waals surface area contributed by atoms with Crippen LogP contribution in [0.15, 0.2) is 46.2 Å². The van der Waals surface area contributed by atoms with Gasteiger partial charge in [0.15, 0.2) is 5.82 Å². The van der Waals surface area contributed by atoms with Crippen LogP contribution in [0.4, 0.5) is 8.78 Å². The number of pyridine rings is 1. The van der Waals surface area contributed by atoms with Gasteiger partial charge in [-0.2, -0.15) is 0 Å². The molecule has 0 saturated heterocycles. The van der Waals surface area contributed by atoms with Gasteiger partial charge in [-0.15, -0.1) is 0 Å². The molecule has 0 unspecified atom stereocenters. The van der Waals surface area contributed by atoms with Crippen LogP contribution in [0.25, 0.3) is 22.0 Å². The lowest BCUT2D eigenvalue weighted by Gasteiger charge is -2.14. The molecule has 3 rings (SSSR count). The van der Waals surface area contributed by atoms with Gasteiger partial charge in [-0.3, -0.25) is 4.79 Å². The van der Waals surface area contributed by atoms with Gasteiger partial charge in [0, 0.05) is 12.7 Å². The Labute approximate surface area is 157 Å². The van der Waals surface area contributed by atoms with E-state index in [0.717, 1.165) is 24.4 Å². The maximum Gasteiger partial charge on any atom is 0.341 e. The molecule has 0 fully saturated rings. The number of sulfonamides is 1. The number of nitrogens with zero attached hydrogens (tertiary/aromatic N) is 1. The lowest BCUT2D eigenvalue weighted by atomic mass is 10.0. The Kier molecular flexibility index (Phi) is 4.77. The molecule has 10 heteroatoms. The number of halogens is 2. The second-order valence-corrected chi connectivity index (χ2v) is 7.54. The zero-order valence-corrected chi connectivity index (χ0v) is 15.3.